The Hall–Kier alpha value is -2.70. The fraction of sp³-hybridized carbons (Fsp3) is 0.750. The Balaban J connectivity index is 4.63. The first-order valence-electron chi connectivity index (χ1n) is 26.2. The highest BCUT2D eigenvalue weighted by molar-refractivity contribution is 5.77. The van der Waals surface area contributed by atoms with Crippen molar-refractivity contribution in [3.05, 3.63) is 72.9 Å². The van der Waals surface area contributed by atoms with Crippen LogP contribution < -0.4 is 5.32 Å². The molecule has 0 aromatic carbocycles. The van der Waals surface area contributed by atoms with E-state index < -0.39 is 18.2 Å². The van der Waals surface area contributed by atoms with Crippen molar-refractivity contribution in [1.29, 1.82) is 0 Å². The van der Waals surface area contributed by atoms with Crippen molar-refractivity contribution in [2.75, 3.05) is 6.61 Å². The van der Waals surface area contributed by atoms with Gasteiger partial charge in [-0.2, -0.15) is 0 Å². The molecule has 0 bridgehead atoms. The van der Waals surface area contributed by atoms with Gasteiger partial charge in [0.05, 0.1) is 25.2 Å². The maximum Gasteiger partial charge on any atom is 0.306 e. The monoisotopic (exact) mass is 866 g/mol. The van der Waals surface area contributed by atoms with E-state index in [4.69, 9.17) is 4.74 Å². The third-order valence-corrected chi connectivity index (χ3v) is 11.5. The van der Waals surface area contributed by atoms with E-state index in [0.29, 0.717) is 19.3 Å². The number of aliphatic hydroxyl groups is 2. The number of carbonyl (C=O) groups excluding carboxylic acids is 2. The van der Waals surface area contributed by atoms with Gasteiger partial charge in [-0.3, -0.25) is 9.59 Å². The molecule has 3 N–H and O–H groups in total. The number of amides is 1. The highest BCUT2D eigenvalue weighted by Crippen LogP contribution is 2.17. The Morgan fingerprint density at radius 3 is 1.35 bits per heavy atom. The molecule has 0 aliphatic heterocycles. The van der Waals surface area contributed by atoms with E-state index >= 15 is 0 Å². The summed E-state index contributed by atoms with van der Waals surface area (Å²) in [7, 11) is 0. The first-order valence-corrected chi connectivity index (χ1v) is 26.2. The van der Waals surface area contributed by atoms with Gasteiger partial charge >= 0.3 is 5.97 Å². The lowest BCUT2D eigenvalue weighted by molar-refractivity contribution is -0.150. The van der Waals surface area contributed by atoms with Crippen molar-refractivity contribution in [2.45, 2.75) is 264 Å². The lowest BCUT2D eigenvalue weighted by Gasteiger charge is -2.24. The van der Waals surface area contributed by atoms with Crippen molar-refractivity contribution in [1.82, 2.24) is 5.32 Å². The van der Waals surface area contributed by atoms with Crippen LogP contribution in [0, 0.1) is 0 Å². The zero-order chi connectivity index (χ0) is 45.2. The summed E-state index contributed by atoms with van der Waals surface area (Å²) in [5, 5.41) is 23.8. The molecule has 0 rings (SSSR count). The summed E-state index contributed by atoms with van der Waals surface area (Å²) in [4.78, 5) is 26.1. The minimum Gasteiger partial charge on any atom is -0.462 e. The second kappa shape index (κ2) is 49.3. The van der Waals surface area contributed by atoms with Crippen LogP contribution in [0.15, 0.2) is 72.9 Å². The molecule has 0 spiro atoms. The fourth-order valence-corrected chi connectivity index (χ4v) is 7.60. The van der Waals surface area contributed by atoms with Crippen LogP contribution in [0.2, 0.25) is 0 Å². The lowest BCUT2D eigenvalue weighted by Crippen LogP contribution is -2.46. The molecule has 0 aromatic rings. The van der Waals surface area contributed by atoms with Gasteiger partial charge in [-0.15, -0.1) is 0 Å². The number of nitrogens with one attached hydrogen (secondary N) is 1. The van der Waals surface area contributed by atoms with E-state index in [0.717, 1.165) is 70.6 Å². The summed E-state index contributed by atoms with van der Waals surface area (Å²) in [5.41, 5.74) is 0. The van der Waals surface area contributed by atoms with Gasteiger partial charge in [0.1, 0.15) is 6.10 Å². The van der Waals surface area contributed by atoms with Crippen LogP contribution in [0.1, 0.15) is 245 Å². The number of hydrogen-bond donors (Lipinski definition) is 3. The van der Waals surface area contributed by atoms with Gasteiger partial charge in [-0.05, 0) is 77.0 Å². The van der Waals surface area contributed by atoms with Crippen LogP contribution in [0.3, 0.4) is 0 Å². The molecule has 0 radical (unpaired) electrons. The first-order chi connectivity index (χ1) is 30.5. The van der Waals surface area contributed by atoms with Gasteiger partial charge in [0.2, 0.25) is 5.91 Å². The number of rotatable bonds is 46. The third kappa shape index (κ3) is 43.9. The molecular formula is C56H99NO5. The molecule has 0 saturated heterocycles. The minimum atomic E-state index is -0.808. The molecule has 3 unspecified atom stereocenters. The first kappa shape index (κ1) is 59.3. The Morgan fingerprint density at radius 1 is 0.484 bits per heavy atom. The van der Waals surface area contributed by atoms with E-state index in [9.17, 15) is 19.8 Å². The van der Waals surface area contributed by atoms with Gasteiger partial charge in [0.25, 0.3) is 0 Å². The van der Waals surface area contributed by atoms with Gasteiger partial charge in [-0.1, -0.05) is 229 Å². The molecule has 0 aromatic heterocycles. The van der Waals surface area contributed by atoms with E-state index in [1.165, 1.54) is 122 Å². The molecule has 0 heterocycles. The van der Waals surface area contributed by atoms with Crippen LogP contribution in [-0.4, -0.2) is 46.9 Å². The van der Waals surface area contributed by atoms with Gasteiger partial charge < -0.3 is 20.3 Å². The van der Waals surface area contributed by atoms with Crippen LogP contribution in [-0.2, 0) is 14.3 Å². The van der Waals surface area contributed by atoms with Crippen LogP contribution >= 0.6 is 0 Å². The van der Waals surface area contributed by atoms with E-state index in [1.807, 2.05) is 6.08 Å². The highest BCUT2D eigenvalue weighted by atomic mass is 16.5. The second-order valence-electron chi connectivity index (χ2n) is 17.5. The Morgan fingerprint density at radius 2 is 0.887 bits per heavy atom. The molecule has 62 heavy (non-hydrogen) atoms. The van der Waals surface area contributed by atoms with Crippen molar-refractivity contribution in [3.63, 3.8) is 0 Å². The number of hydrogen-bond acceptors (Lipinski definition) is 5. The molecule has 0 aliphatic rings. The molecule has 3 atom stereocenters. The number of allylic oxidation sites excluding steroid dienone is 12. The predicted octanol–water partition coefficient (Wildman–Crippen LogP) is 15.8. The maximum absolute atomic E-state index is 13.2. The summed E-state index contributed by atoms with van der Waals surface area (Å²) in [6, 6.07) is -0.726. The van der Waals surface area contributed by atoms with Gasteiger partial charge in [0.15, 0.2) is 0 Å². The van der Waals surface area contributed by atoms with Gasteiger partial charge in [-0.25, -0.2) is 0 Å². The van der Waals surface area contributed by atoms with E-state index in [-0.39, 0.29) is 31.3 Å². The van der Waals surface area contributed by atoms with Gasteiger partial charge in [0, 0.05) is 6.42 Å². The molecule has 0 fully saturated rings. The number of ether oxygens (including phenoxy) is 1. The van der Waals surface area contributed by atoms with Crippen molar-refractivity contribution >= 4 is 11.9 Å². The standard InChI is InChI=1S/C56H99NO5/c1-4-7-10-13-16-19-22-24-26-28-30-33-36-39-42-45-48-54(59)53(51-58)57-55(60)50-52(47-44-41-38-35-32-21-18-15-12-9-6-3)62-56(61)49-46-43-40-37-34-31-29-27-25-23-20-17-14-11-8-5-2/h8,11,17,20,25,27,31,34-35,38,40,43,52-54,58-59H,4-7,9-10,12-16,18-19,21-24,26,28-30,32-33,36-37,39,41-42,44-51H2,1-3H3,(H,57,60)/b11-8+,20-17+,27-25+,34-31+,38-35-,43-40+. The lowest BCUT2D eigenvalue weighted by atomic mass is 10.0. The molecular weight excluding hydrogens is 767 g/mol. The zero-order valence-electron chi connectivity index (χ0n) is 40.7. The average molecular weight is 866 g/mol. The SMILES string of the molecule is CC/C=C/C/C=C/C/C=C/C/C=C/C/C=C/CCC(=O)OC(CCC/C=C\CCCCCCCC)CC(=O)NC(CO)C(O)CCCCCCCCCCCCCCCCCC. The van der Waals surface area contributed by atoms with Crippen LogP contribution in [0.5, 0.6) is 0 Å². The second-order valence-corrected chi connectivity index (χ2v) is 17.5. The van der Waals surface area contributed by atoms with E-state index in [2.05, 4.69) is 92.9 Å². The largest absolute Gasteiger partial charge is 0.462 e. The quantitative estimate of drug-likeness (QED) is 0.0322. The zero-order valence-corrected chi connectivity index (χ0v) is 40.7. The van der Waals surface area contributed by atoms with Crippen molar-refractivity contribution < 1.29 is 24.5 Å². The smallest absolute Gasteiger partial charge is 0.306 e. The van der Waals surface area contributed by atoms with E-state index in [1.54, 1.807) is 0 Å². The maximum atomic E-state index is 13.2. The number of aliphatic hydroxyl groups excluding tert-OH is 2. The molecule has 1 amide bonds. The van der Waals surface area contributed by atoms with Crippen LogP contribution in [0.4, 0.5) is 0 Å². The summed E-state index contributed by atoms with van der Waals surface area (Å²) in [5.74, 6) is -0.603. The highest BCUT2D eigenvalue weighted by Gasteiger charge is 2.23. The Labute approximate surface area is 383 Å². The topological polar surface area (TPSA) is 95.9 Å². The number of unbranched alkanes of at least 4 members (excludes halogenated alkanes) is 22. The van der Waals surface area contributed by atoms with Crippen LogP contribution in [0.25, 0.3) is 0 Å². The summed E-state index contributed by atoms with van der Waals surface area (Å²) < 4.78 is 5.86. The molecule has 0 aliphatic carbocycles. The summed E-state index contributed by atoms with van der Waals surface area (Å²) in [6.45, 7) is 6.34. The summed E-state index contributed by atoms with van der Waals surface area (Å²) in [6.07, 6.45) is 62.6. The minimum absolute atomic E-state index is 0.0250. The normalized spacial score (nSPS) is 13.8. The molecule has 0 saturated carbocycles. The average Bonchev–Trinajstić information content (AvgIpc) is 3.26. The molecule has 6 heteroatoms. The predicted molar refractivity (Wildman–Crippen MR) is 268 cm³/mol. The Kier molecular flexibility index (Phi) is 47.2. The summed E-state index contributed by atoms with van der Waals surface area (Å²) >= 11 is 0. The Bertz CT molecular complexity index is 1150. The third-order valence-electron chi connectivity index (χ3n) is 11.5. The molecule has 358 valence electrons. The van der Waals surface area contributed by atoms with Crippen molar-refractivity contribution in [3.8, 4) is 0 Å². The fourth-order valence-electron chi connectivity index (χ4n) is 7.60. The van der Waals surface area contributed by atoms with Crippen molar-refractivity contribution in [2.24, 2.45) is 0 Å². The number of esters is 1. The molecule has 6 nitrogen and oxygen atoms in total. The number of carbonyl (C=O) groups is 2.